The second kappa shape index (κ2) is 4.20. The first kappa shape index (κ1) is 11.2. The highest BCUT2D eigenvalue weighted by molar-refractivity contribution is 6.10. The molecule has 0 aliphatic rings. The van der Waals surface area contributed by atoms with Crippen LogP contribution in [0.5, 0.6) is 0 Å². The van der Waals surface area contributed by atoms with Crippen LogP contribution in [0.15, 0.2) is 67.0 Å². The fourth-order valence-corrected chi connectivity index (χ4v) is 2.78. The summed E-state index contributed by atoms with van der Waals surface area (Å²) < 4.78 is 2.10. The van der Waals surface area contributed by atoms with E-state index in [1.807, 2.05) is 12.1 Å². The summed E-state index contributed by atoms with van der Waals surface area (Å²) in [5.41, 5.74) is 3.26. The van der Waals surface area contributed by atoms with Crippen molar-refractivity contribution in [1.82, 2.24) is 9.55 Å². The van der Waals surface area contributed by atoms with Gasteiger partial charge in [0.25, 0.3) is 0 Å². The Labute approximate surface area is 117 Å². The Morgan fingerprint density at radius 1 is 0.750 bits per heavy atom. The molecule has 0 N–H and O–H groups in total. The topological polar surface area (TPSA) is 17.8 Å². The van der Waals surface area contributed by atoms with Gasteiger partial charge in [-0.15, -0.1) is 0 Å². The standard InChI is InChI=1S/C18H14N2/c1-20-11-15-14-9-5-6-10-17(14)19-18(16(15)12-20)13-7-3-2-4-8-13/h2-12H,1H3. The maximum atomic E-state index is 4.87. The summed E-state index contributed by atoms with van der Waals surface area (Å²) in [6, 6.07) is 18.7. The molecule has 0 saturated heterocycles. The van der Waals surface area contributed by atoms with Crippen LogP contribution >= 0.6 is 0 Å². The van der Waals surface area contributed by atoms with E-state index in [2.05, 4.69) is 66.5 Å². The summed E-state index contributed by atoms with van der Waals surface area (Å²) in [6.07, 6.45) is 4.32. The summed E-state index contributed by atoms with van der Waals surface area (Å²) in [6.45, 7) is 0. The molecule has 4 rings (SSSR count). The highest BCUT2D eigenvalue weighted by Gasteiger charge is 2.11. The van der Waals surface area contributed by atoms with Crippen LogP contribution in [0.2, 0.25) is 0 Å². The molecule has 2 nitrogen and oxygen atoms in total. The maximum absolute atomic E-state index is 4.87. The molecule has 0 saturated carbocycles. The van der Waals surface area contributed by atoms with Crippen molar-refractivity contribution in [3.63, 3.8) is 0 Å². The fourth-order valence-electron chi connectivity index (χ4n) is 2.78. The molecular formula is C18H14N2. The summed E-state index contributed by atoms with van der Waals surface area (Å²) >= 11 is 0. The summed E-state index contributed by atoms with van der Waals surface area (Å²) in [5, 5.41) is 3.68. The van der Waals surface area contributed by atoms with Crippen LogP contribution in [0, 0.1) is 0 Å². The van der Waals surface area contributed by atoms with Gasteiger partial charge in [0.2, 0.25) is 0 Å². The second-order valence-electron chi connectivity index (χ2n) is 5.09. The molecule has 0 fully saturated rings. The van der Waals surface area contributed by atoms with Crippen LogP contribution in [0.25, 0.3) is 32.9 Å². The molecule has 96 valence electrons. The minimum Gasteiger partial charge on any atom is -0.356 e. The van der Waals surface area contributed by atoms with Gasteiger partial charge in [-0.1, -0.05) is 48.5 Å². The average Bonchev–Trinajstić information content (AvgIpc) is 2.89. The van der Waals surface area contributed by atoms with Crippen molar-refractivity contribution in [2.45, 2.75) is 0 Å². The molecule has 0 amide bonds. The first-order valence-corrected chi connectivity index (χ1v) is 6.73. The first-order valence-electron chi connectivity index (χ1n) is 6.73. The zero-order valence-corrected chi connectivity index (χ0v) is 11.2. The normalized spacial score (nSPS) is 11.2. The molecular weight excluding hydrogens is 244 g/mol. The van der Waals surface area contributed by atoms with E-state index in [0.717, 1.165) is 16.8 Å². The van der Waals surface area contributed by atoms with E-state index in [4.69, 9.17) is 4.98 Å². The van der Waals surface area contributed by atoms with Crippen LogP contribution < -0.4 is 0 Å². The Morgan fingerprint density at radius 2 is 1.45 bits per heavy atom. The predicted octanol–water partition coefficient (Wildman–Crippen LogP) is 4.39. The molecule has 0 atom stereocenters. The van der Waals surface area contributed by atoms with Gasteiger partial charge in [-0.2, -0.15) is 0 Å². The number of para-hydroxylation sites is 1. The van der Waals surface area contributed by atoms with Crippen molar-refractivity contribution < 1.29 is 0 Å². The highest BCUT2D eigenvalue weighted by atomic mass is 14.9. The first-order chi connectivity index (χ1) is 9.83. The van der Waals surface area contributed by atoms with E-state index in [0.29, 0.717) is 0 Å². The Bertz CT molecular complexity index is 905. The molecule has 0 aliphatic carbocycles. The molecule has 2 aromatic heterocycles. The van der Waals surface area contributed by atoms with E-state index in [-0.39, 0.29) is 0 Å². The molecule has 0 radical (unpaired) electrons. The third-order valence-corrected chi connectivity index (χ3v) is 3.68. The van der Waals surface area contributed by atoms with Gasteiger partial charge in [-0.3, -0.25) is 0 Å². The summed E-state index contributed by atoms with van der Waals surface area (Å²) in [5.74, 6) is 0. The minimum atomic E-state index is 1.05. The van der Waals surface area contributed by atoms with Gasteiger partial charge in [0.05, 0.1) is 11.2 Å². The smallest absolute Gasteiger partial charge is 0.0803 e. The lowest BCUT2D eigenvalue weighted by Crippen LogP contribution is -1.86. The van der Waals surface area contributed by atoms with E-state index in [1.165, 1.54) is 16.2 Å². The molecule has 0 bridgehead atoms. The molecule has 20 heavy (non-hydrogen) atoms. The van der Waals surface area contributed by atoms with Gasteiger partial charge in [-0.25, -0.2) is 4.98 Å². The monoisotopic (exact) mass is 258 g/mol. The Morgan fingerprint density at radius 3 is 2.30 bits per heavy atom. The Hall–Kier alpha value is -2.61. The van der Waals surface area contributed by atoms with Gasteiger partial charge < -0.3 is 4.57 Å². The number of rotatable bonds is 1. The van der Waals surface area contributed by atoms with E-state index < -0.39 is 0 Å². The van der Waals surface area contributed by atoms with Gasteiger partial charge in [-0.05, 0) is 6.07 Å². The number of hydrogen-bond donors (Lipinski definition) is 0. The number of nitrogens with zero attached hydrogens (tertiary/aromatic N) is 2. The number of fused-ring (bicyclic) bond motifs is 3. The van der Waals surface area contributed by atoms with Gasteiger partial charge in [0, 0.05) is 41.2 Å². The molecule has 0 aliphatic heterocycles. The number of aromatic nitrogens is 2. The SMILES string of the molecule is Cn1cc2c(-c3ccccc3)nc3ccccc3c2c1. The Kier molecular flexibility index (Phi) is 2.36. The third kappa shape index (κ3) is 1.62. The third-order valence-electron chi connectivity index (χ3n) is 3.68. The zero-order valence-electron chi connectivity index (χ0n) is 11.2. The molecule has 2 heterocycles. The van der Waals surface area contributed by atoms with E-state index in [1.54, 1.807) is 0 Å². The van der Waals surface area contributed by atoms with Gasteiger partial charge in [0.15, 0.2) is 0 Å². The van der Waals surface area contributed by atoms with Crippen LogP contribution in [0.1, 0.15) is 0 Å². The molecule has 4 aromatic rings. The second-order valence-corrected chi connectivity index (χ2v) is 5.09. The summed E-state index contributed by atoms with van der Waals surface area (Å²) in [4.78, 5) is 4.87. The minimum absolute atomic E-state index is 1.05. The number of hydrogen-bond acceptors (Lipinski definition) is 1. The van der Waals surface area contributed by atoms with Crippen molar-refractivity contribution >= 4 is 21.7 Å². The number of pyridine rings is 1. The van der Waals surface area contributed by atoms with Crippen LogP contribution in [-0.4, -0.2) is 9.55 Å². The van der Waals surface area contributed by atoms with Crippen molar-refractivity contribution in [1.29, 1.82) is 0 Å². The lowest BCUT2D eigenvalue weighted by molar-refractivity contribution is 0.934. The van der Waals surface area contributed by atoms with Gasteiger partial charge in [0.1, 0.15) is 0 Å². The highest BCUT2D eigenvalue weighted by Crippen LogP contribution is 2.32. The zero-order chi connectivity index (χ0) is 13.5. The molecule has 2 aromatic carbocycles. The number of benzene rings is 2. The van der Waals surface area contributed by atoms with Crippen LogP contribution in [0.3, 0.4) is 0 Å². The van der Waals surface area contributed by atoms with Crippen molar-refractivity contribution in [3.8, 4) is 11.3 Å². The molecule has 0 spiro atoms. The fraction of sp³-hybridized carbons (Fsp3) is 0.0556. The average molecular weight is 258 g/mol. The lowest BCUT2D eigenvalue weighted by Gasteiger charge is -2.06. The molecule has 2 heteroatoms. The predicted molar refractivity (Wildman–Crippen MR) is 83.7 cm³/mol. The summed E-state index contributed by atoms with van der Waals surface area (Å²) in [7, 11) is 2.06. The van der Waals surface area contributed by atoms with Crippen LogP contribution in [0.4, 0.5) is 0 Å². The number of aryl methyl sites for hydroxylation is 1. The van der Waals surface area contributed by atoms with Crippen molar-refractivity contribution in [2.24, 2.45) is 7.05 Å². The lowest BCUT2D eigenvalue weighted by atomic mass is 10.0. The largest absolute Gasteiger partial charge is 0.356 e. The van der Waals surface area contributed by atoms with E-state index >= 15 is 0 Å². The van der Waals surface area contributed by atoms with Gasteiger partial charge >= 0.3 is 0 Å². The van der Waals surface area contributed by atoms with Crippen LogP contribution in [-0.2, 0) is 7.05 Å². The molecule has 0 unspecified atom stereocenters. The van der Waals surface area contributed by atoms with Crippen molar-refractivity contribution in [2.75, 3.05) is 0 Å². The van der Waals surface area contributed by atoms with Crippen molar-refractivity contribution in [3.05, 3.63) is 67.0 Å². The maximum Gasteiger partial charge on any atom is 0.0803 e. The Balaban J connectivity index is 2.18. The quantitative estimate of drug-likeness (QED) is 0.495. The van der Waals surface area contributed by atoms with E-state index in [9.17, 15) is 0 Å².